The molecule has 2 saturated carbocycles. The normalized spacial score (nSPS) is 30.8. The van der Waals surface area contributed by atoms with E-state index in [0.717, 1.165) is 57.1 Å². The van der Waals surface area contributed by atoms with Crippen LogP contribution in [0.4, 0.5) is 14.5 Å². The molecule has 0 spiro atoms. The van der Waals surface area contributed by atoms with Crippen LogP contribution in [0.3, 0.4) is 0 Å². The molecule has 182 valence electrons. The molecule has 7 nitrogen and oxygen atoms in total. The number of aliphatic hydroxyl groups is 1. The van der Waals surface area contributed by atoms with E-state index in [1.165, 1.54) is 18.2 Å². The number of halogens is 2. The third-order valence-corrected chi connectivity index (χ3v) is 7.53. The number of para-hydroxylation sites is 1. The van der Waals surface area contributed by atoms with Crippen LogP contribution in [0.1, 0.15) is 58.3 Å². The molecule has 4 aliphatic rings. The predicted octanol–water partition coefficient (Wildman–Crippen LogP) is 4.19. The highest BCUT2D eigenvalue weighted by Gasteiger charge is 2.50. The van der Waals surface area contributed by atoms with Crippen LogP contribution < -0.4 is 10.6 Å². The molecule has 0 amide bonds. The first-order chi connectivity index (χ1) is 16.5. The van der Waals surface area contributed by atoms with Crippen LogP contribution in [0.2, 0.25) is 0 Å². The lowest BCUT2D eigenvalue weighted by Gasteiger charge is -2.38. The van der Waals surface area contributed by atoms with E-state index < -0.39 is 17.3 Å². The van der Waals surface area contributed by atoms with E-state index in [0.29, 0.717) is 23.8 Å². The van der Waals surface area contributed by atoms with Crippen LogP contribution in [0, 0.1) is 23.5 Å². The van der Waals surface area contributed by atoms with Gasteiger partial charge in [0, 0.05) is 25.1 Å². The second kappa shape index (κ2) is 9.44. The van der Waals surface area contributed by atoms with Crippen molar-refractivity contribution < 1.29 is 13.9 Å². The van der Waals surface area contributed by atoms with E-state index in [1.807, 2.05) is 19.3 Å². The molecule has 1 atom stereocenters. The average Bonchev–Trinajstić information content (AvgIpc) is 3.45. The summed E-state index contributed by atoms with van der Waals surface area (Å²) in [5.41, 5.74) is -0.316. The minimum atomic E-state index is -0.790. The standard InChI is InChI=1S/C25H32F2N6O/c1-25-21(14-29-23(32-25)28-13-16-9-11-17(15-34)12-10-16)30-24(33(25)18-5-2-3-6-18)31-22-19(26)7-4-8-20(22)27/h4,7-8,13-14,16-18,34H,2-3,5-6,9-12,15H2,1H3,(H,29,32)(H,30,31)/b28-13+. The summed E-state index contributed by atoms with van der Waals surface area (Å²) in [6.07, 6.45) is 12.0. The molecule has 2 aliphatic heterocycles. The molecule has 2 aliphatic carbocycles. The van der Waals surface area contributed by atoms with Crippen LogP contribution in [-0.4, -0.2) is 46.5 Å². The highest BCUT2D eigenvalue weighted by Crippen LogP contribution is 2.40. The Morgan fingerprint density at radius 2 is 1.85 bits per heavy atom. The maximum Gasteiger partial charge on any atom is 0.224 e. The smallest absolute Gasteiger partial charge is 0.224 e. The van der Waals surface area contributed by atoms with Crippen LogP contribution in [0.15, 0.2) is 45.1 Å². The fourth-order valence-electron chi connectivity index (χ4n) is 5.53. The number of hydrogen-bond donors (Lipinski definition) is 3. The average molecular weight is 471 g/mol. The monoisotopic (exact) mass is 470 g/mol. The van der Waals surface area contributed by atoms with E-state index in [1.54, 1.807) is 0 Å². The van der Waals surface area contributed by atoms with Gasteiger partial charge in [-0.25, -0.2) is 23.8 Å². The largest absolute Gasteiger partial charge is 0.396 e. The van der Waals surface area contributed by atoms with Crippen molar-refractivity contribution in [1.29, 1.82) is 0 Å². The van der Waals surface area contributed by atoms with Gasteiger partial charge in [0.2, 0.25) is 11.9 Å². The second-order valence-corrected chi connectivity index (χ2v) is 9.84. The van der Waals surface area contributed by atoms with Crippen LogP contribution in [0.25, 0.3) is 0 Å². The molecule has 3 fully saturated rings. The summed E-state index contributed by atoms with van der Waals surface area (Å²) in [6, 6.07) is 3.93. The molecule has 34 heavy (non-hydrogen) atoms. The summed E-state index contributed by atoms with van der Waals surface area (Å²) in [7, 11) is 0. The third kappa shape index (κ3) is 4.33. The number of rotatable bonds is 4. The predicted molar refractivity (Wildman–Crippen MR) is 129 cm³/mol. The first-order valence-corrected chi connectivity index (χ1v) is 12.3. The Labute approximate surface area is 198 Å². The molecule has 2 heterocycles. The summed E-state index contributed by atoms with van der Waals surface area (Å²) in [5, 5.41) is 15.8. The maximum atomic E-state index is 14.4. The Morgan fingerprint density at radius 1 is 1.15 bits per heavy atom. The summed E-state index contributed by atoms with van der Waals surface area (Å²) in [5.74, 6) is 0.302. The molecular weight excluding hydrogens is 438 g/mol. The summed E-state index contributed by atoms with van der Waals surface area (Å²) >= 11 is 0. The van der Waals surface area contributed by atoms with Gasteiger partial charge in [0.25, 0.3) is 0 Å². The SMILES string of the molecule is CC12N=C(/N=C/C3CCC(CO)CC3)NC=C1NC(=Nc1c(F)cccc1F)N2C1CCCC1. The Morgan fingerprint density at radius 3 is 2.53 bits per heavy atom. The van der Waals surface area contributed by atoms with Crippen molar-refractivity contribution in [1.82, 2.24) is 15.5 Å². The molecule has 0 bridgehead atoms. The fraction of sp³-hybridized carbons (Fsp3) is 0.560. The lowest BCUT2D eigenvalue weighted by atomic mass is 9.83. The molecule has 3 N–H and O–H groups in total. The number of nitrogens with one attached hydrogen (secondary N) is 2. The van der Waals surface area contributed by atoms with Crippen molar-refractivity contribution in [2.45, 2.75) is 70.0 Å². The zero-order chi connectivity index (χ0) is 23.7. The van der Waals surface area contributed by atoms with Crippen LogP contribution in [-0.2, 0) is 0 Å². The van der Waals surface area contributed by atoms with E-state index in [4.69, 9.17) is 4.99 Å². The summed E-state index contributed by atoms with van der Waals surface area (Å²) in [4.78, 5) is 16.1. The van der Waals surface area contributed by atoms with Gasteiger partial charge in [-0.1, -0.05) is 18.9 Å². The maximum absolute atomic E-state index is 14.4. The zero-order valence-electron chi connectivity index (χ0n) is 19.5. The van der Waals surface area contributed by atoms with Gasteiger partial charge < -0.3 is 20.6 Å². The third-order valence-electron chi connectivity index (χ3n) is 7.53. The Hall–Kier alpha value is -2.81. The summed E-state index contributed by atoms with van der Waals surface area (Å²) in [6.45, 7) is 2.25. The fourth-order valence-corrected chi connectivity index (χ4v) is 5.53. The Balaban J connectivity index is 1.43. The lowest BCUT2D eigenvalue weighted by molar-refractivity contribution is 0.181. The van der Waals surface area contributed by atoms with Gasteiger partial charge in [0.05, 0.1) is 5.70 Å². The first-order valence-electron chi connectivity index (χ1n) is 12.3. The van der Waals surface area contributed by atoms with Crippen molar-refractivity contribution in [3.05, 3.63) is 41.7 Å². The minimum absolute atomic E-state index is 0.165. The molecule has 1 unspecified atom stereocenters. The molecule has 0 radical (unpaired) electrons. The van der Waals surface area contributed by atoms with Crippen LogP contribution in [0.5, 0.6) is 0 Å². The van der Waals surface area contributed by atoms with Crippen molar-refractivity contribution in [2.24, 2.45) is 26.8 Å². The molecule has 1 aromatic rings. The van der Waals surface area contributed by atoms with Gasteiger partial charge in [-0.3, -0.25) is 0 Å². The number of benzene rings is 1. The van der Waals surface area contributed by atoms with E-state index in [2.05, 4.69) is 25.5 Å². The van der Waals surface area contributed by atoms with Crippen molar-refractivity contribution in [3.8, 4) is 0 Å². The van der Waals surface area contributed by atoms with Gasteiger partial charge in [-0.15, -0.1) is 0 Å². The quantitative estimate of drug-likeness (QED) is 0.577. The molecule has 5 rings (SSSR count). The van der Waals surface area contributed by atoms with Crippen molar-refractivity contribution in [2.75, 3.05) is 6.61 Å². The van der Waals surface area contributed by atoms with Crippen molar-refractivity contribution >= 4 is 23.8 Å². The number of aliphatic imine (C=N–C) groups is 3. The minimum Gasteiger partial charge on any atom is -0.396 e. The lowest BCUT2D eigenvalue weighted by Crippen LogP contribution is -2.50. The number of guanidine groups is 2. The number of hydrogen-bond acceptors (Lipinski definition) is 5. The molecule has 0 aromatic heterocycles. The number of nitrogens with zero attached hydrogens (tertiary/aromatic N) is 4. The van der Waals surface area contributed by atoms with Gasteiger partial charge >= 0.3 is 0 Å². The first kappa shape index (κ1) is 23.0. The van der Waals surface area contributed by atoms with Gasteiger partial charge in [-0.2, -0.15) is 0 Å². The molecule has 1 saturated heterocycles. The van der Waals surface area contributed by atoms with Gasteiger partial charge in [0.1, 0.15) is 5.69 Å². The van der Waals surface area contributed by atoms with Crippen molar-refractivity contribution in [3.63, 3.8) is 0 Å². The van der Waals surface area contributed by atoms with E-state index in [9.17, 15) is 13.9 Å². The molecule has 1 aromatic carbocycles. The van der Waals surface area contributed by atoms with E-state index >= 15 is 0 Å². The highest BCUT2D eigenvalue weighted by molar-refractivity contribution is 5.94. The Bertz CT molecular complexity index is 1020. The van der Waals surface area contributed by atoms with E-state index in [-0.39, 0.29) is 18.3 Å². The number of aliphatic hydroxyl groups excluding tert-OH is 1. The molecular formula is C25H32F2N6O. The highest BCUT2D eigenvalue weighted by atomic mass is 19.1. The summed E-state index contributed by atoms with van der Waals surface area (Å²) < 4.78 is 28.8. The number of fused-ring (bicyclic) bond motifs is 1. The zero-order valence-corrected chi connectivity index (χ0v) is 19.5. The Kier molecular flexibility index (Phi) is 6.38. The van der Waals surface area contributed by atoms with Crippen LogP contribution >= 0.6 is 0 Å². The second-order valence-electron chi connectivity index (χ2n) is 9.84. The van der Waals surface area contributed by atoms with Gasteiger partial charge in [-0.05, 0) is 69.4 Å². The van der Waals surface area contributed by atoms with Gasteiger partial charge in [0.15, 0.2) is 17.3 Å². The topological polar surface area (TPSA) is 84.6 Å². The molecule has 9 heteroatoms.